The second-order valence-corrected chi connectivity index (χ2v) is 5.56. The molecule has 3 atom stereocenters. The van der Waals surface area contributed by atoms with Crippen LogP contribution in [0.2, 0.25) is 0 Å². The van der Waals surface area contributed by atoms with Gasteiger partial charge in [-0.2, -0.15) is 0 Å². The molecule has 1 N–H and O–H groups in total. The molecule has 0 aliphatic heterocycles. The first kappa shape index (κ1) is 12.4. The summed E-state index contributed by atoms with van der Waals surface area (Å²) >= 11 is 0. The van der Waals surface area contributed by atoms with E-state index >= 15 is 0 Å². The van der Waals surface area contributed by atoms with Crippen molar-refractivity contribution in [2.75, 3.05) is 0 Å². The van der Waals surface area contributed by atoms with E-state index in [1.807, 2.05) is 6.92 Å². The van der Waals surface area contributed by atoms with Crippen molar-refractivity contribution in [3.63, 3.8) is 0 Å². The zero-order valence-corrected chi connectivity index (χ0v) is 11.2. The molecule has 0 saturated carbocycles. The summed E-state index contributed by atoms with van der Waals surface area (Å²) in [6.45, 7) is 8.60. The quantitative estimate of drug-likeness (QED) is 0.778. The molecule has 1 aliphatic rings. The predicted octanol–water partition coefficient (Wildman–Crippen LogP) is 3.90. The Bertz CT molecular complexity index is 430. The van der Waals surface area contributed by atoms with E-state index in [0.717, 1.165) is 6.42 Å². The van der Waals surface area contributed by atoms with Gasteiger partial charge in [0.05, 0.1) is 6.10 Å². The summed E-state index contributed by atoms with van der Waals surface area (Å²) in [4.78, 5) is 0. The molecule has 1 aromatic carbocycles. The van der Waals surface area contributed by atoms with Gasteiger partial charge in [0.15, 0.2) is 0 Å². The van der Waals surface area contributed by atoms with Crippen LogP contribution < -0.4 is 0 Å². The minimum absolute atomic E-state index is 0.156. The molecule has 1 aliphatic carbocycles. The number of hydrogen-bond donors (Lipinski definition) is 1. The topological polar surface area (TPSA) is 20.2 Å². The maximum atomic E-state index is 9.59. The number of rotatable bonds is 4. The number of allylic oxidation sites excluding steroid dienone is 2. The van der Waals surface area contributed by atoms with Gasteiger partial charge < -0.3 is 5.11 Å². The van der Waals surface area contributed by atoms with Gasteiger partial charge in [-0.1, -0.05) is 55.3 Å². The summed E-state index contributed by atoms with van der Waals surface area (Å²) in [6.07, 6.45) is 0.626. The summed E-state index contributed by atoms with van der Waals surface area (Å²) in [5, 5.41) is 9.59. The van der Waals surface area contributed by atoms with Gasteiger partial charge in [-0.15, -0.1) is 0 Å². The second-order valence-electron chi connectivity index (χ2n) is 5.56. The average molecular weight is 230 g/mol. The van der Waals surface area contributed by atoms with E-state index < -0.39 is 0 Å². The Morgan fingerprint density at radius 2 is 1.76 bits per heavy atom. The highest BCUT2D eigenvalue weighted by Gasteiger charge is 2.48. The van der Waals surface area contributed by atoms with Crippen LogP contribution in [0.4, 0.5) is 0 Å². The van der Waals surface area contributed by atoms with Crippen molar-refractivity contribution in [1.29, 1.82) is 0 Å². The van der Waals surface area contributed by atoms with Crippen LogP contribution in [-0.2, 0) is 0 Å². The number of aliphatic hydroxyl groups is 1. The Morgan fingerprint density at radius 1 is 1.18 bits per heavy atom. The number of hydrogen-bond acceptors (Lipinski definition) is 1. The first-order valence-electron chi connectivity index (χ1n) is 6.41. The minimum atomic E-state index is -0.226. The molecular weight excluding hydrogens is 208 g/mol. The number of benzene rings is 1. The Balaban J connectivity index is 2.15. The molecule has 0 saturated heterocycles. The summed E-state index contributed by atoms with van der Waals surface area (Å²) in [7, 11) is 0. The first-order valence-corrected chi connectivity index (χ1v) is 6.41. The van der Waals surface area contributed by atoms with Crippen LogP contribution in [-0.4, -0.2) is 11.2 Å². The van der Waals surface area contributed by atoms with Crippen LogP contribution in [0.1, 0.15) is 45.6 Å². The van der Waals surface area contributed by atoms with E-state index in [4.69, 9.17) is 0 Å². The molecule has 0 radical (unpaired) electrons. The summed E-state index contributed by atoms with van der Waals surface area (Å²) in [6, 6.07) is 10.6. The highest BCUT2D eigenvalue weighted by molar-refractivity contribution is 5.52. The predicted molar refractivity (Wildman–Crippen MR) is 72.0 cm³/mol. The first-order chi connectivity index (χ1) is 7.97. The molecule has 3 unspecified atom stereocenters. The molecule has 0 heterocycles. The van der Waals surface area contributed by atoms with E-state index in [0.29, 0.717) is 5.92 Å². The molecular formula is C16H22O. The van der Waals surface area contributed by atoms with E-state index in [1.165, 1.54) is 16.7 Å². The molecule has 0 fully saturated rings. The van der Waals surface area contributed by atoms with Gasteiger partial charge in [0.2, 0.25) is 0 Å². The van der Waals surface area contributed by atoms with Gasteiger partial charge in [0.1, 0.15) is 0 Å². The third kappa shape index (κ3) is 2.16. The van der Waals surface area contributed by atoms with Crippen LogP contribution in [0, 0.1) is 5.41 Å². The average Bonchev–Trinajstić information content (AvgIpc) is 2.79. The Labute approximate surface area is 104 Å². The fourth-order valence-electron chi connectivity index (χ4n) is 3.18. The molecule has 0 bridgehead atoms. The van der Waals surface area contributed by atoms with Crippen molar-refractivity contribution in [2.45, 2.75) is 46.1 Å². The van der Waals surface area contributed by atoms with E-state index in [1.54, 1.807) is 0 Å². The minimum Gasteiger partial charge on any atom is -0.393 e. The summed E-state index contributed by atoms with van der Waals surface area (Å²) in [5.41, 5.74) is 4.51. The fraction of sp³-hybridized carbons (Fsp3) is 0.500. The monoisotopic (exact) mass is 230 g/mol. The largest absolute Gasteiger partial charge is 0.393 e. The molecule has 2 rings (SSSR count). The summed E-state index contributed by atoms with van der Waals surface area (Å²) in [5.74, 6) is 0.472. The standard InChI is InChI=1S/C16H22O/c1-11(17)10-16(4)13(3)15(16)12(2)14-8-6-5-7-9-14/h5-9,11-12,17H,10H2,1-4H3. The van der Waals surface area contributed by atoms with Gasteiger partial charge in [0.25, 0.3) is 0 Å². The maximum Gasteiger partial charge on any atom is 0.0523 e. The van der Waals surface area contributed by atoms with Gasteiger partial charge >= 0.3 is 0 Å². The third-order valence-corrected chi connectivity index (χ3v) is 4.20. The highest BCUT2D eigenvalue weighted by atomic mass is 16.3. The van der Waals surface area contributed by atoms with Crippen molar-refractivity contribution in [1.82, 2.24) is 0 Å². The van der Waals surface area contributed by atoms with Crippen molar-refractivity contribution in [3.05, 3.63) is 47.0 Å². The van der Waals surface area contributed by atoms with Crippen LogP contribution in [0.5, 0.6) is 0 Å². The van der Waals surface area contributed by atoms with E-state index in [9.17, 15) is 5.11 Å². The van der Waals surface area contributed by atoms with Gasteiger partial charge in [-0.3, -0.25) is 0 Å². The molecule has 17 heavy (non-hydrogen) atoms. The zero-order valence-electron chi connectivity index (χ0n) is 11.2. The molecule has 1 aromatic rings. The molecule has 0 aromatic heterocycles. The zero-order chi connectivity index (χ0) is 12.6. The fourth-order valence-corrected chi connectivity index (χ4v) is 3.18. The molecule has 0 amide bonds. The van der Waals surface area contributed by atoms with Crippen molar-refractivity contribution in [3.8, 4) is 0 Å². The van der Waals surface area contributed by atoms with Gasteiger partial charge in [-0.25, -0.2) is 0 Å². The van der Waals surface area contributed by atoms with Gasteiger partial charge in [-0.05, 0) is 25.8 Å². The lowest BCUT2D eigenvalue weighted by molar-refractivity contribution is 0.160. The maximum absolute atomic E-state index is 9.59. The van der Waals surface area contributed by atoms with Crippen molar-refractivity contribution < 1.29 is 5.11 Å². The smallest absolute Gasteiger partial charge is 0.0523 e. The lowest BCUT2D eigenvalue weighted by Gasteiger charge is -2.19. The van der Waals surface area contributed by atoms with Crippen molar-refractivity contribution in [2.24, 2.45) is 5.41 Å². The SMILES string of the molecule is CC1=C(C(C)c2ccccc2)C1(C)CC(C)O. The van der Waals surface area contributed by atoms with E-state index in [-0.39, 0.29) is 11.5 Å². The van der Waals surface area contributed by atoms with Crippen LogP contribution in [0.15, 0.2) is 41.5 Å². The summed E-state index contributed by atoms with van der Waals surface area (Å²) < 4.78 is 0. The lowest BCUT2D eigenvalue weighted by atomic mass is 9.86. The molecule has 1 nitrogen and oxygen atoms in total. The Hall–Kier alpha value is -1.08. The Kier molecular flexibility index (Phi) is 3.13. The highest BCUT2D eigenvalue weighted by Crippen LogP contribution is 2.60. The Morgan fingerprint density at radius 3 is 2.29 bits per heavy atom. The van der Waals surface area contributed by atoms with Gasteiger partial charge in [0, 0.05) is 11.3 Å². The lowest BCUT2D eigenvalue weighted by Crippen LogP contribution is -2.13. The second kappa shape index (κ2) is 4.30. The number of aliphatic hydroxyl groups excluding tert-OH is 1. The molecule has 92 valence electrons. The molecule has 0 spiro atoms. The van der Waals surface area contributed by atoms with Crippen LogP contribution in [0.3, 0.4) is 0 Å². The molecule has 1 heteroatoms. The van der Waals surface area contributed by atoms with Crippen molar-refractivity contribution >= 4 is 0 Å². The van der Waals surface area contributed by atoms with Crippen LogP contribution >= 0.6 is 0 Å². The third-order valence-electron chi connectivity index (χ3n) is 4.20. The van der Waals surface area contributed by atoms with Crippen LogP contribution in [0.25, 0.3) is 0 Å². The normalized spacial score (nSPS) is 26.9. The van der Waals surface area contributed by atoms with E-state index in [2.05, 4.69) is 51.1 Å².